The third-order valence-electron chi connectivity index (χ3n) is 5.27. The molecule has 1 fully saturated rings. The molecule has 0 aromatic heterocycles. The summed E-state index contributed by atoms with van der Waals surface area (Å²) >= 11 is 0. The van der Waals surface area contributed by atoms with Crippen molar-refractivity contribution in [2.45, 2.75) is 26.7 Å². The fourth-order valence-electron chi connectivity index (χ4n) is 3.40. The number of nitrogens with zero attached hydrogens (tertiary/aromatic N) is 1. The lowest BCUT2D eigenvalue weighted by Gasteiger charge is -2.18. The number of ether oxygens (including phenoxy) is 2. The van der Waals surface area contributed by atoms with Crippen LogP contribution in [0.4, 0.5) is 5.69 Å². The number of hydrazine groups is 1. The van der Waals surface area contributed by atoms with E-state index in [-0.39, 0.29) is 13.0 Å². The van der Waals surface area contributed by atoms with E-state index < -0.39 is 42.2 Å². The van der Waals surface area contributed by atoms with Crippen molar-refractivity contribution >= 4 is 35.3 Å². The fourth-order valence-corrected chi connectivity index (χ4v) is 3.40. The Kier molecular flexibility index (Phi) is 8.55. The topological polar surface area (TPSA) is 131 Å². The van der Waals surface area contributed by atoms with Gasteiger partial charge >= 0.3 is 11.9 Å². The number of carbonyl (C=O) groups excluding carboxylic acids is 5. The lowest BCUT2D eigenvalue weighted by Crippen LogP contribution is -2.43. The molecule has 1 heterocycles. The van der Waals surface area contributed by atoms with Gasteiger partial charge in [0.1, 0.15) is 0 Å². The number of hydrogen-bond acceptors (Lipinski definition) is 7. The van der Waals surface area contributed by atoms with E-state index in [9.17, 15) is 24.0 Å². The first kappa shape index (κ1) is 25.4. The van der Waals surface area contributed by atoms with Crippen LogP contribution < -0.4 is 10.7 Å². The van der Waals surface area contributed by atoms with Gasteiger partial charge in [0.25, 0.3) is 11.8 Å². The molecular formula is C25H27N3O7. The van der Waals surface area contributed by atoms with Crippen LogP contribution >= 0.6 is 0 Å². The zero-order valence-electron chi connectivity index (χ0n) is 19.5. The molecule has 0 unspecified atom stereocenters. The third kappa shape index (κ3) is 6.89. The molecule has 1 aliphatic rings. The Morgan fingerprint density at radius 3 is 2.43 bits per heavy atom. The van der Waals surface area contributed by atoms with Gasteiger partial charge in [-0.3, -0.25) is 29.6 Å². The molecule has 0 aliphatic carbocycles. The molecule has 3 rings (SSSR count). The van der Waals surface area contributed by atoms with Gasteiger partial charge in [0.05, 0.1) is 24.6 Å². The molecule has 0 saturated carbocycles. The molecule has 2 aromatic carbocycles. The Balaban J connectivity index is 1.45. The summed E-state index contributed by atoms with van der Waals surface area (Å²) < 4.78 is 10.1. The maximum Gasteiger partial charge on any atom is 0.338 e. The quantitative estimate of drug-likeness (QED) is 0.525. The van der Waals surface area contributed by atoms with Gasteiger partial charge < -0.3 is 14.8 Å². The molecular weight excluding hydrogens is 454 g/mol. The summed E-state index contributed by atoms with van der Waals surface area (Å²) in [6, 6.07) is 13.0. The van der Waals surface area contributed by atoms with Crippen molar-refractivity contribution < 1.29 is 33.4 Å². The van der Waals surface area contributed by atoms with Crippen LogP contribution in [0.25, 0.3) is 0 Å². The molecule has 1 atom stereocenters. The molecule has 2 N–H and O–H groups in total. The van der Waals surface area contributed by atoms with Crippen LogP contribution in [0, 0.1) is 12.8 Å². The summed E-state index contributed by atoms with van der Waals surface area (Å²) in [5.41, 5.74) is 4.47. The van der Waals surface area contributed by atoms with Crippen molar-refractivity contribution in [2.75, 3.05) is 25.1 Å². The lowest BCUT2D eigenvalue weighted by molar-refractivity contribution is -0.151. The maximum absolute atomic E-state index is 12.4. The van der Waals surface area contributed by atoms with Crippen LogP contribution in [0.5, 0.6) is 0 Å². The van der Waals surface area contributed by atoms with Crippen LogP contribution in [-0.2, 0) is 23.9 Å². The van der Waals surface area contributed by atoms with E-state index in [0.717, 1.165) is 10.6 Å². The Hall–Kier alpha value is -4.21. The predicted octanol–water partition coefficient (Wildman–Crippen LogP) is 2.24. The van der Waals surface area contributed by atoms with Crippen LogP contribution in [0.3, 0.4) is 0 Å². The molecule has 2 aromatic rings. The lowest BCUT2D eigenvalue weighted by atomic mass is 10.1. The van der Waals surface area contributed by atoms with Crippen molar-refractivity contribution in [3.8, 4) is 0 Å². The third-order valence-corrected chi connectivity index (χ3v) is 5.27. The number of amides is 3. The first-order chi connectivity index (χ1) is 16.8. The van der Waals surface area contributed by atoms with Crippen LogP contribution in [-0.4, -0.2) is 54.4 Å². The largest absolute Gasteiger partial charge is 0.462 e. The van der Waals surface area contributed by atoms with E-state index in [1.54, 1.807) is 31.2 Å². The smallest absolute Gasteiger partial charge is 0.338 e. The SMILES string of the molecule is CCCOC(=O)c1ccc(NC(=O)COC(=O)[C@H]2CC(=O)N(NC(=O)c3ccccc3C)C2)cc1. The Bertz CT molecular complexity index is 1110. The van der Waals surface area contributed by atoms with Gasteiger partial charge in [0.2, 0.25) is 5.91 Å². The number of carbonyl (C=O) groups is 5. The van der Waals surface area contributed by atoms with Gasteiger partial charge in [0, 0.05) is 17.7 Å². The molecule has 10 heteroatoms. The normalized spacial score (nSPS) is 14.9. The minimum Gasteiger partial charge on any atom is -0.462 e. The summed E-state index contributed by atoms with van der Waals surface area (Å²) in [6.07, 6.45) is 0.581. The first-order valence-corrected chi connectivity index (χ1v) is 11.2. The second-order valence-electron chi connectivity index (χ2n) is 8.03. The highest BCUT2D eigenvalue weighted by molar-refractivity contribution is 5.98. The zero-order valence-corrected chi connectivity index (χ0v) is 19.5. The number of esters is 2. The second-order valence-corrected chi connectivity index (χ2v) is 8.03. The number of rotatable bonds is 9. The molecule has 35 heavy (non-hydrogen) atoms. The highest BCUT2D eigenvalue weighted by Gasteiger charge is 2.36. The Labute approximate surface area is 202 Å². The van der Waals surface area contributed by atoms with Crippen LogP contribution in [0.2, 0.25) is 0 Å². The van der Waals surface area contributed by atoms with Gasteiger partial charge in [-0.25, -0.2) is 4.79 Å². The van der Waals surface area contributed by atoms with Crippen molar-refractivity contribution in [3.05, 3.63) is 65.2 Å². The van der Waals surface area contributed by atoms with E-state index in [4.69, 9.17) is 9.47 Å². The molecule has 3 amide bonds. The summed E-state index contributed by atoms with van der Waals surface area (Å²) in [6.45, 7) is 3.41. The molecule has 0 spiro atoms. The van der Waals surface area contributed by atoms with Gasteiger partial charge in [-0.15, -0.1) is 0 Å². The highest BCUT2D eigenvalue weighted by atomic mass is 16.5. The molecule has 1 aliphatic heterocycles. The minimum absolute atomic E-state index is 0.0491. The maximum atomic E-state index is 12.4. The Morgan fingerprint density at radius 2 is 1.74 bits per heavy atom. The number of anilines is 1. The first-order valence-electron chi connectivity index (χ1n) is 11.2. The van der Waals surface area contributed by atoms with Crippen LogP contribution in [0.1, 0.15) is 46.0 Å². The van der Waals surface area contributed by atoms with E-state index in [2.05, 4.69) is 10.7 Å². The summed E-state index contributed by atoms with van der Waals surface area (Å²) in [7, 11) is 0. The van der Waals surface area contributed by atoms with E-state index >= 15 is 0 Å². The monoisotopic (exact) mass is 481 g/mol. The van der Waals surface area contributed by atoms with Crippen molar-refractivity contribution in [1.29, 1.82) is 0 Å². The standard InChI is InChI=1S/C25H27N3O7/c1-3-12-34-24(32)17-8-10-19(11-9-17)26-21(29)15-35-25(33)18-13-22(30)28(14-18)27-23(31)20-7-5-4-6-16(20)2/h4-11,18H,3,12-15H2,1-2H3,(H,26,29)(H,27,31)/t18-/m0/s1. The van der Waals surface area contributed by atoms with Crippen molar-refractivity contribution in [3.63, 3.8) is 0 Å². The summed E-state index contributed by atoms with van der Waals surface area (Å²) in [4.78, 5) is 61.0. The molecule has 0 bridgehead atoms. The molecule has 184 valence electrons. The summed E-state index contributed by atoms with van der Waals surface area (Å²) in [5, 5.41) is 3.65. The number of hydrogen-bond donors (Lipinski definition) is 2. The predicted molar refractivity (Wildman–Crippen MR) is 125 cm³/mol. The Morgan fingerprint density at radius 1 is 1.03 bits per heavy atom. The van der Waals surface area contributed by atoms with E-state index in [1.165, 1.54) is 24.3 Å². The van der Waals surface area contributed by atoms with Gasteiger partial charge in [-0.2, -0.15) is 0 Å². The van der Waals surface area contributed by atoms with Gasteiger partial charge in [0.15, 0.2) is 6.61 Å². The summed E-state index contributed by atoms with van der Waals surface area (Å²) in [5.74, 6) is -3.41. The zero-order chi connectivity index (χ0) is 25.4. The van der Waals surface area contributed by atoms with Crippen LogP contribution in [0.15, 0.2) is 48.5 Å². The molecule has 1 saturated heterocycles. The molecule has 10 nitrogen and oxygen atoms in total. The van der Waals surface area contributed by atoms with E-state index in [0.29, 0.717) is 29.8 Å². The number of benzene rings is 2. The molecule has 0 radical (unpaired) electrons. The average molecular weight is 482 g/mol. The highest BCUT2D eigenvalue weighted by Crippen LogP contribution is 2.18. The number of nitrogens with one attached hydrogen (secondary N) is 2. The van der Waals surface area contributed by atoms with Gasteiger partial charge in [-0.05, 0) is 49.2 Å². The average Bonchev–Trinajstić information content (AvgIpc) is 3.21. The van der Waals surface area contributed by atoms with E-state index in [1.807, 2.05) is 6.92 Å². The van der Waals surface area contributed by atoms with Crippen molar-refractivity contribution in [2.24, 2.45) is 5.92 Å². The van der Waals surface area contributed by atoms with Crippen molar-refractivity contribution in [1.82, 2.24) is 10.4 Å². The fraction of sp³-hybridized carbons (Fsp3) is 0.320. The number of aryl methyl sites for hydroxylation is 1. The van der Waals surface area contributed by atoms with Gasteiger partial charge in [-0.1, -0.05) is 25.1 Å². The minimum atomic E-state index is -0.805. The second kappa shape index (κ2) is 11.8.